The molecule has 0 bridgehead atoms. The number of nitrogens with one attached hydrogen (secondary N) is 1. The Balaban J connectivity index is 1.58. The van der Waals surface area contributed by atoms with Crippen molar-refractivity contribution < 1.29 is 9.53 Å². The van der Waals surface area contributed by atoms with Gasteiger partial charge >= 0.3 is 0 Å². The first-order valence-corrected chi connectivity index (χ1v) is 7.73. The van der Waals surface area contributed by atoms with E-state index in [0.29, 0.717) is 25.5 Å². The Labute approximate surface area is 130 Å². The maximum Gasteiger partial charge on any atom is 0.220 e. The smallest absolute Gasteiger partial charge is 0.220 e. The van der Waals surface area contributed by atoms with Crippen LogP contribution in [0.15, 0.2) is 43.0 Å². The van der Waals surface area contributed by atoms with Gasteiger partial charge in [0, 0.05) is 38.6 Å². The summed E-state index contributed by atoms with van der Waals surface area (Å²) in [5.41, 5.74) is 2.12. The van der Waals surface area contributed by atoms with Crippen LogP contribution in [0.5, 0.6) is 0 Å². The lowest BCUT2D eigenvalue weighted by Crippen LogP contribution is -2.28. The lowest BCUT2D eigenvalue weighted by atomic mass is 9.98. The molecule has 1 aromatic heterocycles. The Morgan fingerprint density at radius 2 is 2.32 bits per heavy atom. The highest BCUT2D eigenvalue weighted by Gasteiger charge is 2.17. The van der Waals surface area contributed by atoms with Crippen LogP contribution in [0, 0.1) is 5.92 Å². The lowest BCUT2D eigenvalue weighted by Gasteiger charge is -2.21. The summed E-state index contributed by atoms with van der Waals surface area (Å²) in [5.74, 6) is 0.452. The highest BCUT2D eigenvalue weighted by atomic mass is 16.5. The molecule has 1 N–H and O–H groups in total. The van der Waals surface area contributed by atoms with E-state index in [1.165, 1.54) is 0 Å². The third kappa shape index (κ3) is 3.74. The van der Waals surface area contributed by atoms with Gasteiger partial charge in [-0.05, 0) is 30.4 Å². The fourth-order valence-electron chi connectivity index (χ4n) is 2.81. The largest absolute Gasteiger partial charge is 0.381 e. The molecule has 116 valence electrons. The van der Waals surface area contributed by atoms with E-state index in [1.54, 1.807) is 12.5 Å². The van der Waals surface area contributed by atoms with Crippen LogP contribution in [-0.4, -0.2) is 28.7 Å². The summed E-state index contributed by atoms with van der Waals surface area (Å²) in [6.07, 6.45) is 8.10. The number of rotatable bonds is 5. The fourth-order valence-corrected chi connectivity index (χ4v) is 2.81. The van der Waals surface area contributed by atoms with E-state index in [4.69, 9.17) is 4.74 Å². The second kappa shape index (κ2) is 7.22. The van der Waals surface area contributed by atoms with Crippen LogP contribution in [0.1, 0.15) is 24.8 Å². The van der Waals surface area contributed by atoms with E-state index >= 15 is 0 Å². The lowest BCUT2D eigenvalue weighted by molar-refractivity contribution is -0.123. The van der Waals surface area contributed by atoms with Crippen LogP contribution in [0.4, 0.5) is 0 Å². The molecule has 0 spiro atoms. The summed E-state index contributed by atoms with van der Waals surface area (Å²) in [6.45, 7) is 2.07. The van der Waals surface area contributed by atoms with Gasteiger partial charge in [0.1, 0.15) is 0 Å². The normalized spacial score (nSPS) is 18.1. The van der Waals surface area contributed by atoms with Crippen LogP contribution in [0.25, 0.3) is 5.69 Å². The SMILES string of the molecule is O=C(CC1CCCOC1)NCc1ccccc1-n1ccnc1. The van der Waals surface area contributed by atoms with Crippen molar-refractivity contribution in [2.24, 2.45) is 5.92 Å². The van der Waals surface area contributed by atoms with Gasteiger partial charge in [-0.2, -0.15) is 0 Å². The van der Waals surface area contributed by atoms with Crippen LogP contribution in [0.3, 0.4) is 0 Å². The summed E-state index contributed by atoms with van der Waals surface area (Å²) in [5, 5.41) is 3.02. The van der Waals surface area contributed by atoms with Crippen molar-refractivity contribution in [2.45, 2.75) is 25.8 Å². The van der Waals surface area contributed by atoms with Crippen molar-refractivity contribution in [3.05, 3.63) is 48.5 Å². The predicted molar refractivity (Wildman–Crippen MR) is 83.6 cm³/mol. The number of aromatic nitrogens is 2. The van der Waals surface area contributed by atoms with Crippen molar-refractivity contribution >= 4 is 5.91 Å². The van der Waals surface area contributed by atoms with E-state index in [0.717, 1.165) is 30.7 Å². The Kier molecular flexibility index (Phi) is 4.85. The quantitative estimate of drug-likeness (QED) is 0.921. The zero-order valence-corrected chi connectivity index (χ0v) is 12.6. The van der Waals surface area contributed by atoms with Crippen LogP contribution < -0.4 is 5.32 Å². The highest BCUT2D eigenvalue weighted by Crippen LogP contribution is 2.17. The minimum Gasteiger partial charge on any atom is -0.381 e. The number of hydrogen-bond acceptors (Lipinski definition) is 3. The molecule has 1 atom stereocenters. The van der Waals surface area contributed by atoms with Gasteiger partial charge in [0.15, 0.2) is 0 Å². The number of carbonyl (C=O) groups is 1. The summed E-state index contributed by atoms with van der Waals surface area (Å²) >= 11 is 0. The van der Waals surface area contributed by atoms with Gasteiger partial charge in [-0.15, -0.1) is 0 Å². The van der Waals surface area contributed by atoms with Gasteiger partial charge < -0.3 is 14.6 Å². The highest BCUT2D eigenvalue weighted by molar-refractivity contribution is 5.76. The maximum absolute atomic E-state index is 12.1. The molecule has 5 heteroatoms. The molecule has 5 nitrogen and oxygen atoms in total. The number of ether oxygens (including phenoxy) is 1. The van der Waals surface area contributed by atoms with E-state index in [1.807, 2.05) is 35.0 Å². The number of benzene rings is 1. The number of carbonyl (C=O) groups excluding carboxylic acids is 1. The van der Waals surface area contributed by atoms with Crippen LogP contribution in [0.2, 0.25) is 0 Å². The Hall–Kier alpha value is -2.14. The van der Waals surface area contributed by atoms with Gasteiger partial charge in [0.25, 0.3) is 0 Å². The summed E-state index contributed by atoms with van der Waals surface area (Å²) in [6, 6.07) is 8.02. The first-order chi connectivity index (χ1) is 10.8. The third-order valence-electron chi connectivity index (χ3n) is 3.98. The van der Waals surface area contributed by atoms with Gasteiger partial charge in [-0.1, -0.05) is 18.2 Å². The average molecular weight is 299 g/mol. The second-order valence-corrected chi connectivity index (χ2v) is 5.66. The van der Waals surface area contributed by atoms with Gasteiger partial charge in [-0.25, -0.2) is 4.98 Å². The van der Waals surface area contributed by atoms with Crippen LogP contribution >= 0.6 is 0 Å². The Morgan fingerprint density at radius 3 is 3.09 bits per heavy atom. The van der Waals surface area contributed by atoms with Crippen molar-refractivity contribution in [2.75, 3.05) is 13.2 Å². The topological polar surface area (TPSA) is 56.1 Å². The molecule has 3 rings (SSSR count). The van der Waals surface area contributed by atoms with Gasteiger partial charge in [-0.3, -0.25) is 4.79 Å². The van der Waals surface area contributed by atoms with Crippen molar-refractivity contribution in [3.8, 4) is 5.69 Å². The van der Waals surface area contributed by atoms with E-state index in [-0.39, 0.29) is 5.91 Å². The summed E-state index contributed by atoms with van der Waals surface area (Å²) in [4.78, 5) is 16.2. The fraction of sp³-hybridized carbons (Fsp3) is 0.412. The molecule has 1 amide bonds. The second-order valence-electron chi connectivity index (χ2n) is 5.66. The van der Waals surface area contributed by atoms with E-state index < -0.39 is 0 Å². The number of hydrogen-bond donors (Lipinski definition) is 1. The van der Waals surface area contributed by atoms with Crippen LogP contribution in [-0.2, 0) is 16.1 Å². The molecule has 2 aromatic rings. The standard InChI is InChI=1S/C17H21N3O2/c21-17(10-14-4-3-9-22-12-14)19-11-15-5-1-2-6-16(15)20-8-7-18-13-20/h1-2,5-8,13-14H,3-4,9-12H2,(H,19,21). The molecule has 1 aromatic carbocycles. The van der Waals surface area contributed by atoms with E-state index in [2.05, 4.69) is 10.3 Å². The molecule has 1 aliphatic rings. The Bertz CT molecular complexity index is 604. The number of para-hydroxylation sites is 1. The molecule has 0 aliphatic carbocycles. The zero-order chi connectivity index (χ0) is 15.2. The molecular weight excluding hydrogens is 278 g/mol. The van der Waals surface area contributed by atoms with Gasteiger partial charge in [0.2, 0.25) is 5.91 Å². The first kappa shape index (κ1) is 14.8. The first-order valence-electron chi connectivity index (χ1n) is 7.73. The number of imidazole rings is 1. The zero-order valence-electron chi connectivity index (χ0n) is 12.6. The number of nitrogens with zero attached hydrogens (tertiary/aromatic N) is 2. The number of amides is 1. The van der Waals surface area contributed by atoms with Crippen molar-refractivity contribution in [3.63, 3.8) is 0 Å². The molecule has 22 heavy (non-hydrogen) atoms. The monoisotopic (exact) mass is 299 g/mol. The Morgan fingerprint density at radius 1 is 1.41 bits per heavy atom. The van der Waals surface area contributed by atoms with Crippen molar-refractivity contribution in [1.82, 2.24) is 14.9 Å². The summed E-state index contributed by atoms with van der Waals surface area (Å²) < 4.78 is 7.38. The molecular formula is C17H21N3O2. The third-order valence-corrected chi connectivity index (χ3v) is 3.98. The molecule has 0 saturated carbocycles. The molecule has 1 unspecified atom stereocenters. The maximum atomic E-state index is 12.1. The molecule has 2 heterocycles. The predicted octanol–water partition coefficient (Wildman–Crippen LogP) is 2.31. The van der Waals surface area contributed by atoms with Crippen molar-refractivity contribution in [1.29, 1.82) is 0 Å². The molecule has 0 radical (unpaired) electrons. The minimum atomic E-state index is 0.0935. The average Bonchev–Trinajstić information content (AvgIpc) is 3.08. The van der Waals surface area contributed by atoms with E-state index in [9.17, 15) is 4.79 Å². The molecule has 1 saturated heterocycles. The van der Waals surface area contributed by atoms with Gasteiger partial charge in [0.05, 0.1) is 12.0 Å². The molecule has 1 aliphatic heterocycles. The summed E-state index contributed by atoms with van der Waals surface area (Å²) in [7, 11) is 0. The molecule has 1 fully saturated rings. The minimum absolute atomic E-state index is 0.0935.